The van der Waals surface area contributed by atoms with Gasteiger partial charge >= 0.3 is 0 Å². The van der Waals surface area contributed by atoms with Crippen LogP contribution in [-0.4, -0.2) is 38.9 Å². The fraction of sp³-hybridized carbons (Fsp3) is 0.417. The molecule has 0 aliphatic carbocycles. The van der Waals surface area contributed by atoms with Gasteiger partial charge in [-0.1, -0.05) is 23.7 Å². The van der Waals surface area contributed by atoms with E-state index in [1.165, 1.54) is 0 Å². The van der Waals surface area contributed by atoms with E-state index in [1.807, 2.05) is 0 Å². The summed E-state index contributed by atoms with van der Waals surface area (Å²) in [6, 6.07) is 6.71. The molecule has 1 aromatic rings. The van der Waals surface area contributed by atoms with E-state index in [1.54, 1.807) is 24.3 Å². The van der Waals surface area contributed by atoms with Gasteiger partial charge in [-0.2, -0.15) is 0 Å². The number of carbonyl (C=O) groups is 1. The highest BCUT2D eigenvalue weighted by Crippen LogP contribution is 2.20. The van der Waals surface area contributed by atoms with Crippen LogP contribution in [0.15, 0.2) is 24.3 Å². The van der Waals surface area contributed by atoms with Crippen molar-refractivity contribution in [2.45, 2.75) is 0 Å². The first-order chi connectivity index (χ1) is 8.96. The number of halogens is 1. The maximum Gasteiger partial charge on any atom is 0.239 e. The molecule has 2 N–H and O–H groups in total. The van der Waals surface area contributed by atoms with E-state index in [9.17, 15) is 13.2 Å². The Bertz CT molecular complexity index is 570. The molecule has 0 bridgehead atoms. The second-order valence-corrected chi connectivity index (χ2v) is 7.12. The number of nitrogens with one attached hydrogen (secondary N) is 2. The highest BCUT2D eigenvalue weighted by atomic mass is 35.5. The van der Waals surface area contributed by atoms with E-state index in [0.29, 0.717) is 23.8 Å². The highest BCUT2D eigenvalue weighted by Gasteiger charge is 2.26. The number of sulfone groups is 1. The molecule has 1 aliphatic rings. The number of rotatable bonds is 5. The van der Waals surface area contributed by atoms with Crippen molar-refractivity contribution in [3.63, 3.8) is 0 Å². The second-order valence-electron chi connectivity index (χ2n) is 4.61. The zero-order chi connectivity index (χ0) is 13.9. The Kier molecular flexibility index (Phi) is 4.44. The van der Waals surface area contributed by atoms with Crippen molar-refractivity contribution in [3.8, 4) is 0 Å². The van der Waals surface area contributed by atoms with Crippen LogP contribution >= 0.6 is 11.6 Å². The predicted octanol–water partition coefficient (Wildman–Crippen LogP) is 0.913. The van der Waals surface area contributed by atoms with Crippen LogP contribution in [0.1, 0.15) is 0 Å². The Morgan fingerprint density at radius 3 is 2.63 bits per heavy atom. The fourth-order valence-electron chi connectivity index (χ4n) is 1.83. The van der Waals surface area contributed by atoms with E-state index in [-0.39, 0.29) is 11.7 Å². The summed E-state index contributed by atoms with van der Waals surface area (Å²) in [6.07, 6.45) is 0. The number of benzene rings is 1. The summed E-state index contributed by atoms with van der Waals surface area (Å²) >= 11 is 5.88. The number of hydrogen-bond donors (Lipinski definition) is 2. The van der Waals surface area contributed by atoms with Gasteiger partial charge in [-0.15, -0.1) is 0 Å². The monoisotopic (exact) mass is 302 g/mol. The fourth-order valence-corrected chi connectivity index (χ4v) is 3.56. The summed E-state index contributed by atoms with van der Waals surface area (Å²) in [5.41, 5.74) is 0.426. The normalized spacial score (nSPS) is 15.8. The number of para-hydroxylation sites is 1. The minimum atomic E-state index is -3.37. The molecule has 0 aromatic heterocycles. The molecule has 2 rings (SSSR count). The highest BCUT2D eigenvalue weighted by molar-refractivity contribution is 7.92. The molecule has 0 atom stereocenters. The Hall–Kier alpha value is -1.11. The lowest BCUT2D eigenvalue weighted by Crippen LogP contribution is -2.46. The van der Waals surface area contributed by atoms with Gasteiger partial charge in [-0.3, -0.25) is 4.79 Å². The number of carbonyl (C=O) groups excluding carboxylic acids is 1. The van der Waals surface area contributed by atoms with Gasteiger partial charge in [0.05, 0.1) is 16.5 Å². The maximum atomic E-state index is 11.8. The van der Waals surface area contributed by atoms with Crippen molar-refractivity contribution in [1.82, 2.24) is 5.32 Å². The molecule has 104 valence electrons. The summed E-state index contributed by atoms with van der Waals surface area (Å²) < 4.78 is 23.6. The average Bonchev–Trinajstić information content (AvgIpc) is 2.26. The van der Waals surface area contributed by atoms with Crippen LogP contribution in [0.5, 0.6) is 0 Å². The third-order valence-corrected chi connectivity index (χ3v) is 4.87. The first-order valence-electron chi connectivity index (χ1n) is 5.92. The number of hydrogen-bond acceptors (Lipinski definition) is 4. The van der Waals surface area contributed by atoms with Crippen LogP contribution in [0.25, 0.3) is 0 Å². The minimum absolute atomic E-state index is 0.0515. The molecule has 0 spiro atoms. The molecule has 0 unspecified atom stereocenters. The van der Waals surface area contributed by atoms with Gasteiger partial charge in [-0.05, 0) is 18.1 Å². The first kappa shape index (κ1) is 14.3. The lowest BCUT2D eigenvalue weighted by Gasteiger charge is -2.26. The van der Waals surface area contributed by atoms with Crippen LogP contribution in [0.2, 0.25) is 5.02 Å². The smallest absolute Gasteiger partial charge is 0.239 e. The summed E-state index contributed by atoms with van der Waals surface area (Å²) in [5.74, 6) is -0.886. The van der Waals surface area contributed by atoms with Crippen molar-refractivity contribution in [2.75, 3.05) is 29.9 Å². The molecule has 1 saturated heterocycles. The first-order valence-corrected chi connectivity index (χ1v) is 8.12. The number of anilines is 1. The van der Waals surface area contributed by atoms with Gasteiger partial charge < -0.3 is 10.6 Å². The van der Waals surface area contributed by atoms with Crippen LogP contribution < -0.4 is 10.6 Å². The zero-order valence-corrected chi connectivity index (χ0v) is 11.8. The van der Waals surface area contributed by atoms with Gasteiger partial charge in [0.1, 0.15) is 5.75 Å². The molecule has 1 aliphatic heterocycles. The van der Waals surface area contributed by atoms with Crippen molar-refractivity contribution in [1.29, 1.82) is 0 Å². The molecule has 0 saturated carbocycles. The van der Waals surface area contributed by atoms with Crippen LogP contribution in [0, 0.1) is 5.92 Å². The van der Waals surface area contributed by atoms with E-state index in [4.69, 9.17) is 11.6 Å². The van der Waals surface area contributed by atoms with Gasteiger partial charge in [-0.25, -0.2) is 8.42 Å². The molecule has 1 fully saturated rings. The summed E-state index contributed by atoms with van der Waals surface area (Å²) in [7, 11) is -3.37. The Morgan fingerprint density at radius 2 is 2.05 bits per heavy atom. The van der Waals surface area contributed by atoms with Crippen LogP contribution in [-0.2, 0) is 14.6 Å². The molecular weight excluding hydrogens is 288 g/mol. The van der Waals surface area contributed by atoms with E-state index < -0.39 is 21.5 Å². The van der Waals surface area contributed by atoms with Crippen molar-refractivity contribution in [3.05, 3.63) is 29.3 Å². The SMILES string of the molecule is O=C(CS(=O)(=O)CC1CNC1)Nc1ccccc1Cl. The van der Waals surface area contributed by atoms with E-state index >= 15 is 0 Å². The van der Waals surface area contributed by atoms with Gasteiger partial charge in [0.2, 0.25) is 5.91 Å². The third kappa shape index (κ3) is 4.19. The van der Waals surface area contributed by atoms with Crippen molar-refractivity contribution in [2.24, 2.45) is 5.92 Å². The van der Waals surface area contributed by atoms with E-state index in [2.05, 4.69) is 10.6 Å². The largest absolute Gasteiger partial charge is 0.324 e. The molecule has 1 amide bonds. The molecule has 19 heavy (non-hydrogen) atoms. The van der Waals surface area contributed by atoms with Crippen LogP contribution in [0.3, 0.4) is 0 Å². The van der Waals surface area contributed by atoms with Gasteiger partial charge in [0.25, 0.3) is 0 Å². The topological polar surface area (TPSA) is 75.3 Å². The second kappa shape index (κ2) is 5.90. The minimum Gasteiger partial charge on any atom is -0.324 e. The number of amides is 1. The molecular formula is C12H15ClN2O3S. The lowest BCUT2D eigenvalue weighted by atomic mass is 10.1. The standard InChI is InChI=1S/C12H15ClN2O3S/c13-10-3-1-2-4-11(10)15-12(16)8-19(17,18)7-9-5-14-6-9/h1-4,9,14H,5-8H2,(H,15,16). The predicted molar refractivity (Wildman–Crippen MR) is 75.1 cm³/mol. The van der Waals surface area contributed by atoms with Gasteiger partial charge in [0, 0.05) is 13.1 Å². The molecule has 1 aromatic carbocycles. The third-order valence-electron chi connectivity index (χ3n) is 2.85. The Balaban J connectivity index is 1.92. The molecule has 5 nitrogen and oxygen atoms in total. The lowest BCUT2D eigenvalue weighted by molar-refractivity contribution is -0.113. The summed E-state index contributed by atoms with van der Waals surface area (Å²) in [4.78, 5) is 11.7. The summed E-state index contributed by atoms with van der Waals surface area (Å²) in [5, 5.41) is 5.90. The van der Waals surface area contributed by atoms with E-state index in [0.717, 1.165) is 0 Å². The molecule has 7 heteroatoms. The zero-order valence-electron chi connectivity index (χ0n) is 10.2. The van der Waals surface area contributed by atoms with Gasteiger partial charge in [0.15, 0.2) is 9.84 Å². The summed E-state index contributed by atoms with van der Waals surface area (Å²) in [6.45, 7) is 1.40. The molecule has 1 heterocycles. The molecule has 0 radical (unpaired) electrons. The van der Waals surface area contributed by atoms with Crippen molar-refractivity contribution < 1.29 is 13.2 Å². The quantitative estimate of drug-likeness (QED) is 0.848. The average molecular weight is 303 g/mol. The Labute approximate surface area is 117 Å². The van der Waals surface area contributed by atoms with Crippen LogP contribution in [0.4, 0.5) is 5.69 Å². The maximum absolute atomic E-state index is 11.8. The van der Waals surface area contributed by atoms with Crippen molar-refractivity contribution >= 4 is 33.0 Å². The Morgan fingerprint density at radius 1 is 1.37 bits per heavy atom.